The molecule has 5 aromatic rings. The Balaban J connectivity index is 1.32. The topological polar surface area (TPSA) is 133 Å². The molecule has 5 heterocycles. The number of carbonyl (C=O) groups excluding carboxylic acids is 2. The maximum Gasteiger partial charge on any atom is 0.257 e. The molecule has 1 aliphatic heterocycles. The first kappa shape index (κ1) is 31.3. The lowest BCUT2D eigenvalue weighted by atomic mass is 9.99. The summed E-state index contributed by atoms with van der Waals surface area (Å²) in [5, 5.41) is 10.1. The molecular weight excluding hydrogens is 620 g/mol. The molecule has 7 rings (SSSR count). The number of halogens is 2. The molecule has 4 aromatic heterocycles. The SMILES string of the molecule is CNC(=O)c1c(-c2ccc(F)cc2)nn2ccc(-c3cc(C(=O)NC4(c5ncccn5)CC4)c(OCC4CCOCC4)nc3C)c(F)c12. The van der Waals surface area contributed by atoms with Gasteiger partial charge in [-0.25, -0.2) is 28.2 Å². The van der Waals surface area contributed by atoms with E-state index in [4.69, 9.17) is 9.47 Å². The van der Waals surface area contributed by atoms with Crippen LogP contribution in [0, 0.1) is 24.5 Å². The molecule has 2 aliphatic rings. The normalized spacial score (nSPS) is 15.7. The van der Waals surface area contributed by atoms with Gasteiger partial charge in [-0.3, -0.25) is 9.59 Å². The van der Waals surface area contributed by atoms with Crippen LogP contribution in [-0.4, -0.2) is 63.2 Å². The Hall–Kier alpha value is -5.30. The second kappa shape index (κ2) is 12.7. The minimum absolute atomic E-state index is 0.0120. The lowest BCUT2D eigenvalue weighted by Gasteiger charge is -2.23. The molecule has 11 nitrogen and oxygen atoms in total. The van der Waals surface area contributed by atoms with Crippen molar-refractivity contribution in [3.63, 3.8) is 0 Å². The van der Waals surface area contributed by atoms with E-state index in [1.165, 1.54) is 48.1 Å². The fourth-order valence-electron chi connectivity index (χ4n) is 6.06. The number of hydrogen-bond donors (Lipinski definition) is 2. The Morgan fingerprint density at radius 3 is 2.46 bits per heavy atom. The summed E-state index contributed by atoms with van der Waals surface area (Å²) in [5.41, 5.74) is 0.834. The zero-order chi connectivity index (χ0) is 33.4. The molecular formula is C35H33F2N7O4. The summed E-state index contributed by atoms with van der Waals surface area (Å²) in [4.78, 5) is 40.6. The van der Waals surface area contributed by atoms with Crippen molar-refractivity contribution in [2.24, 2.45) is 5.92 Å². The molecule has 1 saturated carbocycles. The van der Waals surface area contributed by atoms with Gasteiger partial charge in [-0.2, -0.15) is 5.10 Å². The summed E-state index contributed by atoms with van der Waals surface area (Å²) in [6, 6.07) is 10.3. The Bertz CT molecular complexity index is 2010. The van der Waals surface area contributed by atoms with Crippen LogP contribution in [0.1, 0.15) is 57.9 Å². The van der Waals surface area contributed by atoms with Crippen molar-refractivity contribution >= 4 is 17.3 Å². The van der Waals surface area contributed by atoms with Crippen molar-refractivity contribution in [3.8, 4) is 28.3 Å². The second-order valence-corrected chi connectivity index (χ2v) is 12.1. The van der Waals surface area contributed by atoms with Crippen LogP contribution in [0.5, 0.6) is 5.88 Å². The summed E-state index contributed by atoms with van der Waals surface area (Å²) in [5.74, 6) is -1.31. The number of amides is 2. The van der Waals surface area contributed by atoms with E-state index >= 15 is 4.39 Å². The number of aromatic nitrogens is 5. The average molecular weight is 654 g/mol. The first-order valence-electron chi connectivity index (χ1n) is 15.8. The van der Waals surface area contributed by atoms with Gasteiger partial charge in [-0.05, 0) is 81.0 Å². The zero-order valence-electron chi connectivity index (χ0n) is 26.4. The number of hydrogen-bond acceptors (Lipinski definition) is 8. The predicted octanol–water partition coefficient (Wildman–Crippen LogP) is 5.02. The first-order valence-corrected chi connectivity index (χ1v) is 15.8. The monoisotopic (exact) mass is 653 g/mol. The summed E-state index contributed by atoms with van der Waals surface area (Å²) < 4.78 is 43.4. The van der Waals surface area contributed by atoms with Crippen LogP contribution in [0.15, 0.2) is 61.1 Å². The molecule has 1 saturated heterocycles. The highest BCUT2D eigenvalue weighted by atomic mass is 19.1. The highest BCUT2D eigenvalue weighted by Crippen LogP contribution is 2.44. The van der Waals surface area contributed by atoms with Gasteiger partial charge in [0.2, 0.25) is 5.88 Å². The fraction of sp³-hybridized carbons (Fsp3) is 0.314. The van der Waals surface area contributed by atoms with E-state index in [-0.39, 0.29) is 39.7 Å². The predicted molar refractivity (Wildman–Crippen MR) is 171 cm³/mol. The molecule has 2 fully saturated rings. The molecule has 2 N–H and O–H groups in total. The van der Waals surface area contributed by atoms with E-state index in [0.717, 1.165) is 12.8 Å². The summed E-state index contributed by atoms with van der Waals surface area (Å²) in [7, 11) is 1.44. The average Bonchev–Trinajstić information content (AvgIpc) is 3.79. The van der Waals surface area contributed by atoms with Gasteiger partial charge >= 0.3 is 0 Å². The van der Waals surface area contributed by atoms with Gasteiger partial charge in [0, 0.05) is 61.2 Å². The van der Waals surface area contributed by atoms with Gasteiger partial charge in [-0.15, -0.1) is 0 Å². The number of rotatable bonds is 9. The molecule has 48 heavy (non-hydrogen) atoms. The molecule has 0 spiro atoms. The van der Waals surface area contributed by atoms with Crippen LogP contribution < -0.4 is 15.4 Å². The van der Waals surface area contributed by atoms with E-state index in [1.54, 1.807) is 31.5 Å². The number of nitrogens with zero attached hydrogens (tertiary/aromatic N) is 5. The third kappa shape index (κ3) is 5.85. The van der Waals surface area contributed by atoms with Crippen LogP contribution in [-0.2, 0) is 10.3 Å². The minimum atomic E-state index is -0.736. The number of pyridine rings is 2. The molecule has 13 heteroatoms. The van der Waals surface area contributed by atoms with Crippen LogP contribution in [0.2, 0.25) is 0 Å². The third-order valence-electron chi connectivity index (χ3n) is 8.92. The molecule has 0 bridgehead atoms. The smallest absolute Gasteiger partial charge is 0.257 e. The quantitative estimate of drug-likeness (QED) is 0.227. The van der Waals surface area contributed by atoms with E-state index in [9.17, 15) is 14.0 Å². The number of nitrogens with one attached hydrogen (secondary N) is 2. The van der Waals surface area contributed by atoms with Gasteiger partial charge in [0.25, 0.3) is 11.8 Å². The van der Waals surface area contributed by atoms with Crippen molar-refractivity contribution in [2.45, 2.75) is 38.1 Å². The standard InChI is InChI=1S/C35H33F2N7O4/c1-20-25(24-8-15-44-30(28(24)37)27(32(46)38-2)29(43-44)22-4-6-23(36)7-5-22)18-26(33(41-20)48-19-21-9-16-47-17-10-21)31(45)42-35(11-12-35)34-39-13-3-14-40-34/h3-8,13-15,18,21H,9-12,16-17,19H2,1-2H3,(H,38,46)(H,42,45). The van der Waals surface area contributed by atoms with Gasteiger partial charge in [0.1, 0.15) is 28.1 Å². The van der Waals surface area contributed by atoms with E-state index in [0.29, 0.717) is 55.3 Å². The van der Waals surface area contributed by atoms with Gasteiger partial charge in [0.05, 0.1) is 12.2 Å². The number of aryl methyl sites for hydroxylation is 1. The van der Waals surface area contributed by atoms with Crippen LogP contribution in [0.3, 0.4) is 0 Å². The summed E-state index contributed by atoms with van der Waals surface area (Å²) in [6.07, 6.45) is 7.79. The molecule has 1 aliphatic carbocycles. The molecule has 0 atom stereocenters. The first-order chi connectivity index (χ1) is 23.3. The minimum Gasteiger partial charge on any atom is -0.477 e. The molecule has 0 unspecified atom stereocenters. The molecule has 1 aromatic carbocycles. The zero-order valence-corrected chi connectivity index (χ0v) is 26.4. The number of benzene rings is 1. The van der Waals surface area contributed by atoms with Crippen molar-refractivity contribution in [3.05, 3.63) is 95.3 Å². The van der Waals surface area contributed by atoms with E-state index in [1.807, 2.05) is 0 Å². The number of carbonyl (C=O) groups is 2. The van der Waals surface area contributed by atoms with Crippen LogP contribution >= 0.6 is 0 Å². The van der Waals surface area contributed by atoms with Gasteiger partial charge in [-0.1, -0.05) is 0 Å². The highest BCUT2D eigenvalue weighted by molar-refractivity contribution is 6.07. The van der Waals surface area contributed by atoms with Crippen molar-refractivity contribution in [2.75, 3.05) is 26.9 Å². The van der Waals surface area contributed by atoms with Crippen molar-refractivity contribution in [1.82, 2.24) is 35.2 Å². The maximum atomic E-state index is 16.7. The highest BCUT2D eigenvalue weighted by Gasteiger charge is 2.49. The van der Waals surface area contributed by atoms with Gasteiger partial charge in [0.15, 0.2) is 11.6 Å². The summed E-state index contributed by atoms with van der Waals surface area (Å²) >= 11 is 0. The lowest BCUT2D eigenvalue weighted by molar-refractivity contribution is 0.0487. The van der Waals surface area contributed by atoms with E-state index in [2.05, 4.69) is 30.7 Å². The molecule has 246 valence electrons. The van der Waals surface area contributed by atoms with Crippen LogP contribution in [0.25, 0.3) is 27.9 Å². The van der Waals surface area contributed by atoms with Crippen molar-refractivity contribution in [1.29, 1.82) is 0 Å². The number of ether oxygens (including phenoxy) is 2. The van der Waals surface area contributed by atoms with Crippen LogP contribution in [0.4, 0.5) is 8.78 Å². The Labute approximate surface area is 274 Å². The van der Waals surface area contributed by atoms with Gasteiger partial charge < -0.3 is 20.1 Å². The molecule has 0 radical (unpaired) electrons. The largest absolute Gasteiger partial charge is 0.477 e. The summed E-state index contributed by atoms with van der Waals surface area (Å²) in [6.45, 7) is 3.34. The molecule has 2 amide bonds. The Morgan fingerprint density at radius 1 is 1.04 bits per heavy atom. The maximum absolute atomic E-state index is 16.7. The third-order valence-corrected chi connectivity index (χ3v) is 8.92. The lowest BCUT2D eigenvalue weighted by Crippen LogP contribution is -2.36. The number of fused-ring (bicyclic) bond motifs is 1. The second-order valence-electron chi connectivity index (χ2n) is 12.1. The fourth-order valence-corrected chi connectivity index (χ4v) is 6.06. The Kier molecular flexibility index (Phi) is 8.29. The van der Waals surface area contributed by atoms with E-state index < -0.39 is 29.0 Å². The Morgan fingerprint density at radius 2 is 1.77 bits per heavy atom. The van der Waals surface area contributed by atoms with Crippen molar-refractivity contribution < 1.29 is 27.8 Å².